The summed E-state index contributed by atoms with van der Waals surface area (Å²) in [6.07, 6.45) is 23.7. The van der Waals surface area contributed by atoms with E-state index in [1.54, 1.807) is 6.04 Å². The molecule has 21 heavy (non-hydrogen) atoms. The van der Waals surface area contributed by atoms with Crippen LogP contribution in [0, 0.1) is 0 Å². The molecule has 0 aromatic carbocycles. The molecule has 0 nitrogen and oxygen atoms in total. The third-order valence-electron chi connectivity index (χ3n) is 4.64. The zero-order chi connectivity index (χ0) is 15.6. The SMILES string of the molecule is CCCCCCCCCCCCCCCCCC[SiH](C)C. The summed E-state index contributed by atoms with van der Waals surface area (Å²) >= 11 is 0. The normalized spacial score (nSPS) is 11.4. The summed E-state index contributed by atoms with van der Waals surface area (Å²) in [6.45, 7) is 7.25. The molecule has 0 N–H and O–H groups in total. The Hall–Kier alpha value is 0.217. The lowest BCUT2D eigenvalue weighted by atomic mass is 10.0. The maximum Gasteiger partial charge on any atom is 0.0305 e. The molecule has 0 fully saturated rings. The average Bonchev–Trinajstić information content (AvgIpc) is 2.46. The second-order valence-electron chi connectivity index (χ2n) is 7.49. The predicted molar refractivity (Wildman–Crippen MR) is 103 cm³/mol. The van der Waals surface area contributed by atoms with Crippen molar-refractivity contribution in [1.29, 1.82) is 0 Å². The second kappa shape index (κ2) is 18.3. The summed E-state index contributed by atoms with van der Waals surface area (Å²) in [5.74, 6) is 0. The fourth-order valence-corrected chi connectivity index (χ4v) is 4.21. The number of hydrogen-bond acceptors (Lipinski definition) is 0. The molecule has 0 aromatic heterocycles. The van der Waals surface area contributed by atoms with Crippen molar-refractivity contribution in [3.8, 4) is 0 Å². The highest BCUT2D eigenvalue weighted by atomic mass is 28.3. The van der Waals surface area contributed by atoms with Crippen molar-refractivity contribution in [3.63, 3.8) is 0 Å². The fourth-order valence-electron chi connectivity index (χ4n) is 3.10. The summed E-state index contributed by atoms with van der Waals surface area (Å²) in [5.41, 5.74) is 0. The van der Waals surface area contributed by atoms with Crippen LogP contribution in [0.15, 0.2) is 0 Å². The van der Waals surface area contributed by atoms with Crippen LogP contribution in [-0.2, 0) is 0 Å². The van der Waals surface area contributed by atoms with Gasteiger partial charge in [0.05, 0.1) is 0 Å². The van der Waals surface area contributed by atoms with Crippen LogP contribution >= 0.6 is 0 Å². The first-order valence-corrected chi connectivity index (χ1v) is 13.4. The standard InChI is InChI=1S/C20H44Si/c1-4-5-6-7-8-9-10-11-12-13-14-15-16-17-18-19-20-21(2)3/h21H,4-20H2,1-3H3. The van der Waals surface area contributed by atoms with E-state index in [4.69, 9.17) is 0 Å². The second-order valence-corrected chi connectivity index (χ2v) is 10.9. The van der Waals surface area contributed by atoms with Crippen molar-refractivity contribution in [2.24, 2.45) is 0 Å². The molecule has 1 heteroatoms. The average molecular weight is 313 g/mol. The zero-order valence-electron chi connectivity index (χ0n) is 15.6. The third kappa shape index (κ3) is 20.2. The molecule has 0 saturated heterocycles. The molecular weight excluding hydrogens is 268 g/mol. The van der Waals surface area contributed by atoms with Gasteiger partial charge in [0.25, 0.3) is 0 Å². The molecule has 0 atom stereocenters. The lowest BCUT2D eigenvalue weighted by molar-refractivity contribution is 0.531. The molecule has 0 aromatic rings. The minimum atomic E-state index is -0.263. The van der Waals surface area contributed by atoms with Gasteiger partial charge in [-0.2, -0.15) is 0 Å². The van der Waals surface area contributed by atoms with Crippen LogP contribution in [0.1, 0.15) is 110 Å². The molecule has 0 bridgehead atoms. The Morgan fingerprint density at radius 2 is 0.714 bits per heavy atom. The predicted octanol–water partition coefficient (Wildman–Crippen LogP) is 7.73. The molecule has 0 saturated carbocycles. The molecule has 0 spiro atoms. The van der Waals surface area contributed by atoms with Gasteiger partial charge in [-0.1, -0.05) is 129 Å². The fraction of sp³-hybridized carbons (Fsp3) is 1.00. The van der Waals surface area contributed by atoms with E-state index in [0.717, 1.165) is 0 Å². The van der Waals surface area contributed by atoms with Gasteiger partial charge in [0.15, 0.2) is 0 Å². The highest BCUT2D eigenvalue weighted by Crippen LogP contribution is 2.14. The van der Waals surface area contributed by atoms with Crippen molar-refractivity contribution < 1.29 is 0 Å². The summed E-state index contributed by atoms with van der Waals surface area (Å²) in [5, 5.41) is 0. The van der Waals surface area contributed by atoms with Gasteiger partial charge in [0.2, 0.25) is 0 Å². The minimum absolute atomic E-state index is 0.263. The first-order chi connectivity index (χ1) is 10.3. The van der Waals surface area contributed by atoms with E-state index in [-0.39, 0.29) is 8.80 Å². The monoisotopic (exact) mass is 312 g/mol. The van der Waals surface area contributed by atoms with E-state index in [9.17, 15) is 0 Å². The van der Waals surface area contributed by atoms with Crippen LogP contribution in [0.2, 0.25) is 19.1 Å². The number of unbranched alkanes of at least 4 members (excludes halogenated alkanes) is 15. The van der Waals surface area contributed by atoms with Gasteiger partial charge < -0.3 is 0 Å². The quantitative estimate of drug-likeness (QED) is 0.190. The molecule has 0 aliphatic carbocycles. The van der Waals surface area contributed by atoms with Crippen molar-refractivity contribution >= 4 is 8.80 Å². The number of hydrogen-bond donors (Lipinski definition) is 0. The van der Waals surface area contributed by atoms with Crippen molar-refractivity contribution in [2.45, 2.75) is 129 Å². The van der Waals surface area contributed by atoms with E-state index >= 15 is 0 Å². The van der Waals surface area contributed by atoms with Gasteiger partial charge in [0, 0.05) is 8.80 Å². The van der Waals surface area contributed by atoms with Crippen LogP contribution in [0.5, 0.6) is 0 Å². The Morgan fingerprint density at radius 3 is 1.00 bits per heavy atom. The summed E-state index contributed by atoms with van der Waals surface area (Å²) in [7, 11) is -0.263. The minimum Gasteiger partial charge on any atom is -0.0722 e. The molecular formula is C20H44Si. The number of rotatable bonds is 17. The Kier molecular flexibility index (Phi) is 18.5. The van der Waals surface area contributed by atoms with E-state index < -0.39 is 0 Å². The molecule has 128 valence electrons. The van der Waals surface area contributed by atoms with Crippen molar-refractivity contribution in [3.05, 3.63) is 0 Å². The Bertz CT molecular complexity index is 177. The largest absolute Gasteiger partial charge is 0.0722 e. The first-order valence-electron chi connectivity index (χ1n) is 10.3. The molecule has 0 aliphatic rings. The molecule has 0 radical (unpaired) electrons. The van der Waals surface area contributed by atoms with Gasteiger partial charge >= 0.3 is 0 Å². The Labute approximate surface area is 138 Å². The molecule has 0 unspecified atom stereocenters. The van der Waals surface area contributed by atoms with Gasteiger partial charge in [-0.05, 0) is 0 Å². The first kappa shape index (κ1) is 21.2. The highest BCUT2D eigenvalue weighted by Gasteiger charge is 1.96. The van der Waals surface area contributed by atoms with Gasteiger partial charge in [-0.25, -0.2) is 0 Å². The topological polar surface area (TPSA) is 0 Å². The molecule has 0 heterocycles. The summed E-state index contributed by atoms with van der Waals surface area (Å²) in [4.78, 5) is 0. The van der Waals surface area contributed by atoms with E-state index in [1.807, 2.05) is 0 Å². The molecule has 0 amide bonds. The summed E-state index contributed by atoms with van der Waals surface area (Å²) in [6, 6.07) is 1.57. The van der Waals surface area contributed by atoms with E-state index in [1.165, 1.54) is 103 Å². The van der Waals surface area contributed by atoms with Gasteiger partial charge in [-0.15, -0.1) is 0 Å². The van der Waals surface area contributed by atoms with Crippen LogP contribution in [0.25, 0.3) is 0 Å². The maximum absolute atomic E-state index is 2.48. The molecule has 0 rings (SSSR count). The van der Waals surface area contributed by atoms with Crippen molar-refractivity contribution in [1.82, 2.24) is 0 Å². The van der Waals surface area contributed by atoms with E-state index in [2.05, 4.69) is 20.0 Å². The third-order valence-corrected chi connectivity index (χ3v) is 6.20. The van der Waals surface area contributed by atoms with E-state index in [0.29, 0.717) is 0 Å². The molecule has 0 aliphatic heterocycles. The van der Waals surface area contributed by atoms with Crippen LogP contribution in [-0.4, -0.2) is 8.80 Å². The Balaban J connectivity index is 2.93. The lowest BCUT2D eigenvalue weighted by Crippen LogP contribution is -1.97. The van der Waals surface area contributed by atoms with Crippen LogP contribution in [0.4, 0.5) is 0 Å². The van der Waals surface area contributed by atoms with Gasteiger partial charge in [-0.3, -0.25) is 0 Å². The smallest absolute Gasteiger partial charge is 0.0305 e. The zero-order valence-corrected chi connectivity index (χ0v) is 16.8. The van der Waals surface area contributed by atoms with Gasteiger partial charge in [0.1, 0.15) is 0 Å². The van der Waals surface area contributed by atoms with Crippen LogP contribution in [0.3, 0.4) is 0 Å². The van der Waals surface area contributed by atoms with Crippen LogP contribution < -0.4 is 0 Å². The summed E-state index contributed by atoms with van der Waals surface area (Å²) < 4.78 is 0. The maximum atomic E-state index is 2.48. The Morgan fingerprint density at radius 1 is 0.429 bits per heavy atom. The highest BCUT2D eigenvalue weighted by molar-refractivity contribution is 6.55. The van der Waals surface area contributed by atoms with Crippen molar-refractivity contribution in [2.75, 3.05) is 0 Å². The lowest BCUT2D eigenvalue weighted by Gasteiger charge is -2.04.